The summed E-state index contributed by atoms with van der Waals surface area (Å²) in [5.74, 6) is -0.190. The summed E-state index contributed by atoms with van der Waals surface area (Å²) in [5.41, 5.74) is 1.67. The Morgan fingerprint density at radius 2 is 2.00 bits per heavy atom. The Hall–Kier alpha value is -2.66. The highest BCUT2D eigenvalue weighted by Gasteiger charge is 2.34. The minimum atomic E-state index is -0.374. The molecule has 0 bridgehead atoms. The maximum atomic E-state index is 13.3. The molecule has 1 aliphatic rings. The number of aliphatic hydroxyl groups excluding tert-OH is 1. The monoisotopic (exact) mass is 369 g/mol. The third-order valence-electron chi connectivity index (χ3n) is 4.49. The lowest BCUT2D eigenvalue weighted by Gasteiger charge is -2.36. The summed E-state index contributed by atoms with van der Waals surface area (Å²) in [6.07, 6.45) is 3.71. The molecule has 3 rings (SSSR count). The number of pyridine rings is 1. The summed E-state index contributed by atoms with van der Waals surface area (Å²) in [6.45, 7) is 1.49. The Bertz CT molecular complexity index is 843. The lowest BCUT2D eigenvalue weighted by Crippen LogP contribution is -2.43. The van der Waals surface area contributed by atoms with Gasteiger partial charge in [0.2, 0.25) is 0 Å². The van der Waals surface area contributed by atoms with Gasteiger partial charge in [-0.1, -0.05) is 48.0 Å². The predicted octanol–water partition coefficient (Wildman–Crippen LogP) is 4.76. The number of carbonyl (C=O) groups excluding carboxylic acids is 1. The second-order valence-corrected chi connectivity index (χ2v) is 6.66. The molecular weight excluding hydrogens is 350 g/mol. The van der Waals surface area contributed by atoms with Crippen molar-refractivity contribution in [3.05, 3.63) is 70.7 Å². The molecule has 1 aromatic heterocycles. The minimum absolute atomic E-state index is 0.0624. The van der Waals surface area contributed by atoms with Crippen molar-refractivity contribution in [1.29, 1.82) is 5.41 Å². The topological polar surface area (TPSA) is 77.3 Å². The van der Waals surface area contributed by atoms with Gasteiger partial charge in [0, 0.05) is 12.6 Å². The summed E-state index contributed by atoms with van der Waals surface area (Å²) < 4.78 is 0. The molecule has 5 nitrogen and oxygen atoms in total. The number of benzene rings is 1. The van der Waals surface area contributed by atoms with Crippen molar-refractivity contribution in [1.82, 2.24) is 9.88 Å². The SMILES string of the molecule is C/C(O)=C(\C(=O)N1C(=N)CCCC1c1ccc(Cl)nc1)c1ccccc1. The number of nitrogens with one attached hydrogen (secondary N) is 1. The maximum absolute atomic E-state index is 13.3. The Morgan fingerprint density at radius 1 is 1.27 bits per heavy atom. The minimum Gasteiger partial charge on any atom is -0.512 e. The molecule has 2 aromatic rings. The van der Waals surface area contributed by atoms with Gasteiger partial charge in [-0.05, 0) is 37.0 Å². The third kappa shape index (κ3) is 3.63. The molecule has 1 amide bonds. The molecule has 1 aliphatic heterocycles. The van der Waals surface area contributed by atoms with E-state index in [-0.39, 0.29) is 29.1 Å². The van der Waals surface area contributed by atoms with E-state index in [1.54, 1.807) is 24.4 Å². The van der Waals surface area contributed by atoms with E-state index in [1.807, 2.05) is 24.3 Å². The van der Waals surface area contributed by atoms with Crippen molar-refractivity contribution >= 4 is 28.9 Å². The molecule has 0 saturated carbocycles. The molecule has 1 atom stereocenters. The highest BCUT2D eigenvalue weighted by molar-refractivity contribution is 6.29. The Labute approximate surface area is 157 Å². The van der Waals surface area contributed by atoms with Gasteiger partial charge in [-0.2, -0.15) is 0 Å². The number of carbonyl (C=O) groups is 1. The standard InChI is InChI=1S/C20H20ClN3O2/c1-13(25)19(14-6-3-2-4-7-14)20(26)24-16(8-5-9-18(24)22)15-10-11-17(21)23-12-15/h2-4,6-7,10-12,16,22,25H,5,8-9H2,1H3/b19-13+,22-18?. The van der Waals surface area contributed by atoms with Gasteiger partial charge in [0.25, 0.3) is 5.91 Å². The molecule has 1 unspecified atom stereocenters. The number of likely N-dealkylation sites (tertiary alicyclic amines) is 1. The molecular formula is C20H20ClN3O2. The van der Waals surface area contributed by atoms with Gasteiger partial charge in [-0.25, -0.2) is 4.98 Å². The summed E-state index contributed by atoms with van der Waals surface area (Å²) in [7, 11) is 0. The Kier molecular flexibility index (Phi) is 5.38. The summed E-state index contributed by atoms with van der Waals surface area (Å²) in [4.78, 5) is 18.9. The number of halogens is 1. The van der Waals surface area contributed by atoms with Crippen LogP contribution in [0, 0.1) is 5.41 Å². The van der Waals surface area contributed by atoms with Crippen molar-refractivity contribution in [2.24, 2.45) is 0 Å². The van der Waals surface area contributed by atoms with Crippen LogP contribution in [0.2, 0.25) is 5.15 Å². The van der Waals surface area contributed by atoms with Gasteiger partial charge < -0.3 is 5.11 Å². The molecule has 26 heavy (non-hydrogen) atoms. The van der Waals surface area contributed by atoms with E-state index in [0.717, 1.165) is 18.4 Å². The first kappa shape index (κ1) is 18.1. The molecule has 1 aromatic carbocycles. The lowest BCUT2D eigenvalue weighted by atomic mass is 9.93. The number of amidine groups is 1. The summed E-state index contributed by atoms with van der Waals surface area (Å²) in [6, 6.07) is 12.2. The summed E-state index contributed by atoms with van der Waals surface area (Å²) >= 11 is 5.88. The number of piperidine rings is 1. The molecule has 0 radical (unpaired) electrons. The van der Waals surface area contributed by atoms with Crippen LogP contribution < -0.4 is 0 Å². The summed E-state index contributed by atoms with van der Waals surface area (Å²) in [5, 5.41) is 18.9. The van der Waals surface area contributed by atoms with Crippen molar-refractivity contribution in [3.8, 4) is 0 Å². The first-order chi connectivity index (χ1) is 12.5. The van der Waals surface area contributed by atoms with Gasteiger partial charge >= 0.3 is 0 Å². The second kappa shape index (κ2) is 7.70. The smallest absolute Gasteiger partial charge is 0.263 e. The fraction of sp³-hybridized carbons (Fsp3) is 0.250. The van der Waals surface area contributed by atoms with Crippen LogP contribution in [0.5, 0.6) is 0 Å². The van der Waals surface area contributed by atoms with E-state index in [4.69, 9.17) is 17.0 Å². The van der Waals surface area contributed by atoms with Crippen LogP contribution in [0.15, 0.2) is 54.4 Å². The van der Waals surface area contributed by atoms with Crippen LogP contribution in [-0.4, -0.2) is 26.7 Å². The van der Waals surface area contributed by atoms with Gasteiger partial charge in [-0.15, -0.1) is 0 Å². The van der Waals surface area contributed by atoms with Gasteiger partial charge in [0.1, 0.15) is 16.7 Å². The number of aliphatic hydroxyl groups is 1. The van der Waals surface area contributed by atoms with E-state index in [9.17, 15) is 9.90 Å². The van der Waals surface area contributed by atoms with Crippen molar-refractivity contribution in [2.75, 3.05) is 0 Å². The van der Waals surface area contributed by atoms with Crippen LogP contribution in [0.4, 0.5) is 0 Å². The number of amides is 1. The van der Waals surface area contributed by atoms with E-state index >= 15 is 0 Å². The quantitative estimate of drug-likeness (QED) is 0.465. The lowest BCUT2D eigenvalue weighted by molar-refractivity contribution is -0.123. The number of hydrogen-bond donors (Lipinski definition) is 2. The van der Waals surface area contributed by atoms with Crippen LogP contribution >= 0.6 is 11.6 Å². The van der Waals surface area contributed by atoms with Crippen LogP contribution in [0.1, 0.15) is 43.4 Å². The maximum Gasteiger partial charge on any atom is 0.263 e. The zero-order chi connectivity index (χ0) is 18.7. The molecule has 2 N–H and O–H groups in total. The molecule has 6 heteroatoms. The van der Waals surface area contributed by atoms with Gasteiger partial charge in [-0.3, -0.25) is 15.1 Å². The van der Waals surface area contributed by atoms with Crippen LogP contribution in [0.25, 0.3) is 5.57 Å². The molecule has 2 heterocycles. The fourth-order valence-electron chi connectivity index (χ4n) is 3.28. The first-order valence-electron chi connectivity index (χ1n) is 8.46. The Morgan fingerprint density at radius 3 is 2.62 bits per heavy atom. The number of allylic oxidation sites excluding steroid dienone is 1. The number of aromatic nitrogens is 1. The average molecular weight is 370 g/mol. The fourth-order valence-corrected chi connectivity index (χ4v) is 3.39. The zero-order valence-corrected chi connectivity index (χ0v) is 15.2. The first-order valence-corrected chi connectivity index (χ1v) is 8.84. The predicted molar refractivity (Wildman–Crippen MR) is 102 cm³/mol. The van der Waals surface area contributed by atoms with Crippen molar-refractivity contribution in [3.63, 3.8) is 0 Å². The Balaban J connectivity index is 2.02. The molecule has 1 saturated heterocycles. The van der Waals surface area contributed by atoms with Gasteiger partial charge in [0.15, 0.2) is 0 Å². The molecule has 0 aliphatic carbocycles. The van der Waals surface area contributed by atoms with Crippen molar-refractivity contribution < 1.29 is 9.90 Å². The third-order valence-corrected chi connectivity index (χ3v) is 4.71. The number of rotatable bonds is 3. The number of nitrogens with zero attached hydrogens (tertiary/aromatic N) is 2. The number of hydrogen-bond acceptors (Lipinski definition) is 4. The molecule has 1 fully saturated rings. The van der Waals surface area contributed by atoms with E-state index in [2.05, 4.69) is 4.98 Å². The van der Waals surface area contributed by atoms with E-state index in [1.165, 1.54) is 11.8 Å². The van der Waals surface area contributed by atoms with Gasteiger partial charge in [0.05, 0.1) is 11.6 Å². The molecule has 134 valence electrons. The van der Waals surface area contributed by atoms with Crippen molar-refractivity contribution in [2.45, 2.75) is 32.2 Å². The van der Waals surface area contributed by atoms with Crippen LogP contribution in [-0.2, 0) is 4.79 Å². The van der Waals surface area contributed by atoms with Crippen LogP contribution in [0.3, 0.4) is 0 Å². The van der Waals surface area contributed by atoms with E-state index in [0.29, 0.717) is 17.1 Å². The zero-order valence-electron chi connectivity index (χ0n) is 14.4. The highest BCUT2D eigenvalue weighted by Crippen LogP contribution is 2.35. The average Bonchev–Trinajstić information content (AvgIpc) is 2.63. The highest BCUT2D eigenvalue weighted by atomic mass is 35.5. The normalized spacial score (nSPS) is 18.5. The largest absolute Gasteiger partial charge is 0.512 e. The van der Waals surface area contributed by atoms with E-state index < -0.39 is 0 Å². The molecule has 0 spiro atoms. The second-order valence-electron chi connectivity index (χ2n) is 6.27.